The Bertz CT molecular complexity index is 2410. The zero-order valence-corrected chi connectivity index (χ0v) is 28.4. The van der Waals surface area contributed by atoms with Gasteiger partial charge in [-0.05, 0) is 113 Å². The molecular formula is C43H42N6. The second-order valence-corrected chi connectivity index (χ2v) is 13.2. The SMILES string of the molecule is C=C(Nc1ccc2cc(C(C)C)ccc2c1)Nc1ccc2[nH]ccc2c1.CC(C)c1ccc2ccc(Nc3ccc4[nH]ccc4c3)nc2c1. The zero-order valence-electron chi connectivity index (χ0n) is 28.4. The van der Waals surface area contributed by atoms with Gasteiger partial charge in [-0.3, -0.25) is 0 Å². The molecule has 0 spiro atoms. The topological polar surface area (TPSA) is 80.6 Å². The minimum atomic E-state index is 0.508. The average molecular weight is 643 g/mol. The number of anilines is 4. The van der Waals surface area contributed by atoms with Crippen molar-refractivity contribution in [2.75, 3.05) is 16.0 Å². The summed E-state index contributed by atoms with van der Waals surface area (Å²) in [5.74, 6) is 2.67. The first kappa shape index (κ1) is 31.6. The number of pyridine rings is 1. The smallest absolute Gasteiger partial charge is 0.131 e. The molecular weight excluding hydrogens is 601 g/mol. The van der Waals surface area contributed by atoms with E-state index in [0.717, 1.165) is 45.3 Å². The number of aromatic amines is 2. The number of nitrogens with zero attached hydrogens (tertiary/aromatic N) is 1. The summed E-state index contributed by atoms with van der Waals surface area (Å²) in [7, 11) is 0. The van der Waals surface area contributed by atoms with E-state index in [1.54, 1.807) is 0 Å². The third kappa shape index (κ3) is 7.29. The van der Waals surface area contributed by atoms with Crippen LogP contribution in [0.15, 0.2) is 140 Å². The van der Waals surface area contributed by atoms with Crippen molar-refractivity contribution in [3.63, 3.8) is 0 Å². The highest BCUT2D eigenvalue weighted by Gasteiger charge is 2.06. The second-order valence-electron chi connectivity index (χ2n) is 13.2. The molecule has 0 aliphatic rings. The molecule has 0 aliphatic heterocycles. The molecule has 0 radical (unpaired) electrons. The number of nitrogens with one attached hydrogen (secondary N) is 5. The largest absolute Gasteiger partial charge is 0.361 e. The standard InChI is InChI=1S/C23H23N3.C20H19N3/c1-15(2)17-4-5-19-13-21(7-6-18(19)12-17)25-16(3)26-22-8-9-23-20(14-22)10-11-24-23;1-13(2)15-4-3-14-5-8-20(23-19(14)12-15)22-17-6-7-18-16(11-17)9-10-21-18/h4-15,24-26H,3H2,1-2H3;3-13,21H,1-2H3,(H,22,23). The average Bonchev–Trinajstić information content (AvgIpc) is 3.77. The van der Waals surface area contributed by atoms with Crippen LogP contribution in [0.3, 0.4) is 0 Å². The predicted molar refractivity (Wildman–Crippen MR) is 210 cm³/mol. The summed E-state index contributed by atoms with van der Waals surface area (Å²) in [4.78, 5) is 11.2. The molecule has 8 aromatic rings. The van der Waals surface area contributed by atoms with Crippen LogP contribution >= 0.6 is 0 Å². The van der Waals surface area contributed by atoms with E-state index in [1.807, 2.05) is 24.5 Å². The van der Waals surface area contributed by atoms with Gasteiger partial charge >= 0.3 is 0 Å². The van der Waals surface area contributed by atoms with E-state index in [0.29, 0.717) is 11.8 Å². The zero-order chi connectivity index (χ0) is 33.9. The van der Waals surface area contributed by atoms with E-state index >= 15 is 0 Å². The number of fused-ring (bicyclic) bond motifs is 4. The van der Waals surface area contributed by atoms with Crippen LogP contribution in [-0.2, 0) is 0 Å². The number of hydrogen-bond acceptors (Lipinski definition) is 4. The molecule has 3 heterocycles. The van der Waals surface area contributed by atoms with Gasteiger partial charge in [-0.15, -0.1) is 0 Å². The summed E-state index contributed by atoms with van der Waals surface area (Å²) in [5, 5.41) is 16.1. The third-order valence-corrected chi connectivity index (χ3v) is 8.88. The van der Waals surface area contributed by atoms with Crippen LogP contribution in [0.5, 0.6) is 0 Å². The van der Waals surface area contributed by atoms with Crippen LogP contribution in [0.25, 0.3) is 43.5 Å². The Morgan fingerprint density at radius 3 is 1.71 bits per heavy atom. The van der Waals surface area contributed by atoms with Crippen molar-refractivity contribution in [3.05, 3.63) is 151 Å². The molecule has 0 unspecified atom stereocenters. The lowest BCUT2D eigenvalue weighted by Gasteiger charge is -2.14. The van der Waals surface area contributed by atoms with Crippen LogP contribution in [0.4, 0.5) is 22.9 Å². The van der Waals surface area contributed by atoms with Gasteiger partial charge in [0.2, 0.25) is 0 Å². The lowest BCUT2D eigenvalue weighted by Crippen LogP contribution is -2.07. The van der Waals surface area contributed by atoms with Crippen molar-refractivity contribution < 1.29 is 0 Å². The van der Waals surface area contributed by atoms with Crippen LogP contribution in [-0.4, -0.2) is 15.0 Å². The number of rotatable bonds is 8. The van der Waals surface area contributed by atoms with Gasteiger partial charge in [0.25, 0.3) is 0 Å². The summed E-state index contributed by atoms with van der Waals surface area (Å²) in [5.41, 5.74) is 9.06. The van der Waals surface area contributed by atoms with Crippen molar-refractivity contribution in [3.8, 4) is 0 Å². The normalized spacial score (nSPS) is 11.3. The van der Waals surface area contributed by atoms with Crippen molar-refractivity contribution >= 4 is 66.4 Å². The number of hydrogen-bond donors (Lipinski definition) is 5. The summed E-state index contributed by atoms with van der Waals surface area (Å²) in [6.45, 7) is 12.9. The Kier molecular flexibility index (Phi) is 8.77. The maximum absolute atomic E-state index is 4.76. The minimum absolute atomic E-state index is 0.508. The van der Waals surface area contributed by atoms with Crippen LogP contribution in [0.1, 0.15) is 50.7 Å². The van der Waals surface area contributed by atoms with E-state index in [9.17, 15) is 0 Å². The molecule has 0 amide bonds. The summed E-state index contributed by atoms with van der Waals surface area (Å²) in [6, 6.07) is 40.3. The van der Waals surface area contributed by atoms with Gasteiger partial charge in [0, 0.05) is 56.6 Å². The molecule has 0 aliphatic carbocycles. The van der Waals surface area contributed by atoms with Gasteiger partial charge in [0.15, 0.2) is 0 Å². The monoisotopic (exact) mass is 642 g/mol. The lowest BCUT2D eigenvalue weighted by atomic mass is 9.99. The molecule has 0 bridgehead atoms. The Morgan fingerprint density at radius 2 is 1.04 bits per heavy atom. The number of H-pyrrole nitrogens is 2. The van der Waals surface area contributed by atoms with Crippen LogP contribution in [0.2, 0.25) is 0 Å². The van der Waals surface area contributed by atoms with Crippen LogP contribution in [0, 0.1) is 0 Å². The predicted octanol–water partition coefficient (Wildman–Crippen LogP) is 12.0. The highest BCUT2D eigenvalue weighted by Crippen LogP contribution is 2.27. The molecule has 244 valence electrons. The first-order valence-corrected chi connectivity index (χ1v) is 16.9. The first-order valence-electron chi connectivity index (χ1n) is 16.9. The molecule has 0 saturated heterocycles. The van der Waals surface area contributed by atoms with Crippen molar-refractivity contribution in [2.24, 2.45) is 0 Å². The quantitative estimate of drug-likeness (QED) is 0.114. The number of benzene rings is 5. The molecule has 49 heavy (non-hydrogen) atoms. The van der Waals surface area contributed by atoms with Gasteiger partial charge in [-0.2, -0.15) is 0 Å². The summed E-state index contributed by atoms with van der Waals surface area (Å²) >= 11 is 0. The van der Waals surface area contributed by atoms with Gasteiger partial charge < -0.3 is 25.9 Å². The molecule has 6 heteroatoms. The molecule has 3 aromatic heterocycles. The maximum atomic E-state index is 4.76. The van der Waals surface area contributed by atoms with E-state index in [-0.39, 0.29) is 0 Å². The van der Waals surface area contributed by atoms with Crippen molar-refractivity contribution in [2.45, 2.75) is 39.5 Å². The van der Waals surface area contributed by atoms with E-state index in [1.165, 1.54) is 38.1 Å². The minimum Gasteiger partial charge on any atom is -0.361 e. The molecule has 0 fully saturated rings. The van der Waals surface area contributed by atoms with Crippen molar-refractivity contribution in [1.29, 1.82) is 0 Å². The van der Waals surface area contributed by atoms with E-state index in [4.69, 9.17) is 4.98 Å². The molecule has 0 atom stereocenters. The van der Waals surface area contributed by atoms with E-state index in [2.05, 4.69) is 163 Å². The first-order chi connectivity index (χ1) is 23.8. The van der Waals surface area contributed by atoms with E-state index < -0.39 is 0 Å². The highest BCUT2D eigenvalue weighted by molar-refractivity contribution is 5.88. The molecule has 0 saturated carbocycles. The number of aromatic nitrogens is 3. The van der Waals surface area contributed by atoms with Crippen molar-refractivity contribution in [1.82, 2.24) is 15.0 Å². The Morgan fingerprint density at radius 1 is 0.531 bits per heavy atom. The Hall–Kier alpha value is -6.01. The molecule has 8 rings (SSSR count). The van der Waals surface area contributed by atoms with Gasteiger partial charge in [0.1, 0.15) is 11.6 Å². The second kappa shape index (κ2) is 13.6. The Balaban J connectivity index is 0.000000155. The van der Waals surface area contributed by atoms with Gasteiger partial charge in [-0.25, -0.2) is 4.98 Å². The molecule has 6 nitrogen and oxygen atoms in total. The highest BCUT2D eigenvalue weighted by atomic mass is 15.1. The molecule has 5 N–H and O–H groups in total. The fourth-order valence-corrected chi connectivity index (χ4v) is 6.05. The lowest BCUT2D eigenvalue weighted by molar-refractivity contribution is 0.868. The molecule has 5 aromatic carbocycles. The maximum Gasteiger partial charge on any atom is 0.131 e. The summed E-state index contributed by atoms with van der Waals surface area (Å²) < 4.78 is 0. The fourth-order valence-electron chi connectivity index (χ4n) is 6.05. The van der Waals surface area contributed by atoms with Gasteiger partial charge in [0.05, 0.1) is 5.52 Å². The summed E-state index contributed by atoms with van der Waals surface area (Å²) in [6.07, 6.45) is 3.90. The van der Waals surface area contributed by atoms with Crippen LogP contribution < -0.4 is 16.0 Å². The fraction of sp³-hybridized carbons (Fsp3) is 0.140. The van der Waals surface area contributed by atoms with Gasteiger partial charge in [-0.1, -0.05) is 70.7 Å². The third-order valence-electron chi connectivity index (χ3n) is 8.88. The Labute approximate surface area is 287 Å².